The highest BCUT2D eigenvalue weighted by Gasteiger charge is 2.45. The monoisotopic (exact) mass is 702 g/mol. The minimum absolute atomic E-state index is 0.0288. The van der Waals surface area contributed by atoms with E-state index in [0.29, 0.717) is 5.92 Å². The number of carbonyl (C=O) groups excluding carboxylic acids is 1. The molecule has 3 aromatic heterocycles. The fourth-order valence-corrected chi connectivity index (χ4v) is 6.56. The highest BCUT2D eigenvalue weighted by Crippen LogP contribution is 2.34. The summed E-state index contributed by atoms with van der Waals surface area (Å²) in [7, 11) is -4.71. The number of aromatic nitrogens is 7. The van der Waals surface area contributed by atoms with Crippen molar-refractivity contribution in [2.24, 2.45) is 0 Å². The van der Waals surface area contributed by atoms with Crippen LogP contribution in [-0.4, -0.2) is 104 Å². The van der Waals surface area contributed by atoms with Crippen LogP contribution in [0.5, 0.6) is 5.75 Å². The van der Waals surface area contributed by atoms with Gasteiger partial charge in [-0.15, -0.1) is 5.10 Å². The van der Waals surface area contributed by atoms with Gasteiger partial charge in [-0.1, -0.05) is 48.1 Å². The minimum Gasteiger partial charge on any atom is -0.872 e. The summed E-state index contributed by atoms with van der Waals surface area (Å²) < 4.78 is 39.6. The van der Waals surface area contributed by atoms with E-state index in [2.05, 4.69) is 46.0 Å². The number of hydrogen-bond acceptors (Lipinski definition) is 14. The van der Waals surface area contributed by atoms with E-state index >= 15 is 0 Å². The average Bonchev–Trinajstić information content (AvgIpc) is 3.90. The number of aliphatic hydroxyl groups is 2. The van der Waals surface area contributed by atoms with Crippen molar-refractivity contribution >= 4 is 33.2 Å². The first-order valence-corrected chi connectivity index (χ1v) is 17.6. The molecule has 266 valence electrons. The average molecular weight is 703 g/mol. The molecule has 0 bridgehead atoms. The molecule has 0 radical (unpaired) electrons. The Morgan fingerprint density at radius 3 is 2.47 bits per heavy atom. The Labute approximate surface area is 283 Å². The highest BCUT2D eigenvalue weighted by atomic mass is 32.2. The zero-order chi connectivity index (χ0) is 35.3. The standard InChI is InChI=1S/C24H27N9O8S.C6H15N/c25-20-17-21(28-24(27-20)33-9-14(29-31-33)12-5-1-2-6-12)32(11-26-17)23-19(36)18(35)16(41-23)10-40-42(38,39)30-22(37)13-7-3-4-8-15(13)34;1-4-7(5-2)6-3/h3-4,7-9,11-12,16,18-19,23,34-36H,1-2,5-6,10H2,(H,30,37)(H2,25,27,28);4-6H2,1-3H3/t16-,18-,19-,23-;/m1./s1. The zero-order valence-electron chi connectivity index (χ0n) is 27.5. The quantitative estimate of drug-likeness (QED) is 0.125. The van der Waals surface area contributed by atoms with E-state index in [4.69, 9.17) is 14.7 Å². The van der Waals surface area contributed by atoms with Gasteiger partial charge in [0.2, 0.25) is 0 Å². The van der Waals surface area contributed by atoms with Crippen molar-refractivity contribution in [1.29, 1.82) is 0 Å². The smallest absolute Gasteiger partial charge is 0.362 e. The molecule has 2 aliphatic rings. The highest BCUT2D eigenvalue weighted by molar-refractivity contribution is 7.85. The molecule has 49 heavy (non-hydrogen) atoms. The van der Waals surface area contributed by atoms with Gasteiger partial charge in [0.05, 0.1) is 44.5 Å². The number of quaternary nitrogens is 1. The van der Waals surface area contributed by atoms with Gasteiger partial charge in [0.15, 0.2) is 17.7 Å². The lowest BCUT2D eigenvalue weighted by Crippen LogP contribution is -3.11. The van der Waals surface area contributed by atoms with Crippen LogP contribution in [0.3, 0.4) is 0 Å². The molecule has 4 atom stereocenters. The number of nitrogens with two attached hydrogens (primary N) is 1. The van der Waals surface area contributed by atoms with Crippen LogP contribution in [0.15, 0.2) is 36.8 Å². The first-order chi connectivity index (χ1) is 23.5. The Balaban J connectivity index is 0.000000606. The molecular weight excluding hydrogens is 660 g/mol. The number of fused-ring (bicyclic) bond motifs is 1. The molecule has 4 heterocycles. The predicted molar refractivity (Wildman–Crippen MR) is 173 cm³/mol. The molecule has 1 saturated heterocycles. The summed E-state index contributed by atoms with van der Waals surface area (Å²) in [6.07, 6.45) is 1.58. The van der Waals surface area contributed by atoms with Crippen LogP contribution in [0, 0.1) is 0 Å². The number of ether oxygens (including phenoxy) is 1. The first kappa shape index (κ1) is 36.0. The van der Waals surface area contributed by atoms with Crippen molar-refractivity contribution in [3.8, 4) is 11.7 Å². The number of para-hydroxylation sites is 1. The van der Waals surface area contributed by atoms with Crippen LogP contribution >= 0.6 is 0 Å². The Hall–Kier alpha value is -4.27. The lowest BCUT2D eigenvalue weighted by atomic mass is 10.1. The molecule has 19 heteroatoms. The Morgan fingerprint density at radius 2 is 1.82 bits per heavy atom. The van der Waals surface area contributed by atoms with E-state index in [1.54, 1.807) is 15.8 Å². The molecule has 2 fully saturated rings. The van der Waals surface area contributed by atoms with Crippen LogP contribution in [0.25, 0.3) is 17.1 Å². The molecule has 1 aliphatic heterocycles. The summed E-state index contributed by atoms with van der Waals surface area (Å²) in [6.45, 7) is 9.72. The second-order valence-corrected chi connectivity index (χ2v) is 13.2. The molecule has 6 rings (SSSR count). The largest absolute Gasteiger partial charge is 0.872 e. The third-order valence-electron chi connectivity index (χ3n) is 8.77. The molecule has 6 N–H and O–H groups in total. The van der Waals surface area contributed by atoms with Gasteiger partial charge < -0.3 is 30.7 Å². The number of rotatable bonds is 11. The summed E-state index contributed by atoms with van der Waals surface area (Å²) in [4.78, 5) is 26.8. The summed E-state index contributed by atoms with van der Waals surface area (Å²) in [5.41, 5.74) is 6.91. The minimum atomic E-state index is -4.71. The van der Waals surface area contributed by atoms with Crippen LogP contribution < -0.4 is 20.5 Å². The van der Waals surface area contributed by atoms with Gasteiger partial charge in [-0.25, -0.2) is 9.71 Å². The lowest BCUT2D eigenvalue weighted by molar-refractivity contribution is -0.894. The Morgan fingerprint density at radius 1 is 1.12 bits per heavy atom. The number of carbonyl (C=O) groups is 1. The topological polar surface area (TPSA) is 250 Å². The Bertz CT molecular complexity index is 1840. The van der Waals surface area contributed by atoms with E-state index in [-0.39, 0.29) is 22.9 Å². The lowest BCUT2D eigenvalue weighted by Gasteiger charge is -2.17. The normalized spacial score (nSPS) is 21.3. The molecular formula is C30H42N10O8S. The van der Waals surface area contributed by atoms with Crippen molar-refractivity contribution in [1.82, 2.24) is 39.2 Å². The molecule has 0 unspecified atom stereocenters. The number of imidazole rings is 1. The third-order valence-corrected chi connectivity index (χ3v) is 9.66. The van der Waals surface area contributed by atoms with Crippen LogP contribution in [0.2, 0.25) is 0 Å². The third kappa shape index (κ3) is 8.14. The summed E-state index contributed by atoms with van der Waals surface area (Å²) in [5.74, 6) is -1.42. The van der Waals surface area contributed by atoms with E-state index in [1.165, 1.54) is 47.3 Å². The number of nitrogens with one attached hydrogen (secondary N) is 2. The Kier molecular flexibility index (Phi) is 11.4. The van der Waals surface area contributed by atoms with E-state index in [1.807, 2.05) is 0 Å². The fraction of sp³-hybridized carbons (Fsp3) is 0.533. The van der Waals surface area contributed by atoms with Crippen molar-refractivity contribution in [2.45, 2.75) is 76.9 Å². The molecule has 1 saturated carbocycles. The van der Waals surface area contributed by atoms with Crippen LogP contribution in [-0.2, 0) is 19.2 Å². The van der Waals surface area contributed by atoms with Crippen molar-refractivity contribution in [3.05, 3.63) is 48.0 Å². The molecule has 4 aromatic rings. The maximum Gasteiger partial charge on any atom is 0.362 e. The first-order valence-electron chi connectivity index (χ1n) is 16.2. The van der Waals surface area contributed by atoms with Gasteiger partial charge in [0.25, 0.3) is 11.9 Å². The zero-order valence-corrected chi connectivity index (χ0v) is 28.3. The number of amides is 1. The SMILES string of the molecule is CC[NH+](CC)CC.Nc1nc(-n2cc(C3CCCC3)nn2)nc2c1ncn2[C@@H]1O[C@H](COS(=O)(=O)NC(=O)c2ccccc2[O-])[C@@H](O)[C@H]1O. The molecule has 18 nitrogen and oxygen atoms in total. The summed E-state index contributed by atoms with van der Waals surface area (Å²) >= 11 is 0. The number of benzene rings is 1. The number of hydrogen-bond donors (Lipinski definition) is 5. The van der Waals surface area contributed by atoms with Gasteiger partial charge in [0, 0.05) is 11.5 Å². The number of aliphatic hydroxyl groups excluding tert-OH is 2. The number of nitrogens with zero attached hydrogens (tertiary/aromatic N) is 7. The van der Waals surface area contributed by atoms with Gasteiger partial charge in [-0.2, -0.15) is 23.1 Å². The maximum absolute atomic E-state index is 12.3. The number of nitrogen functional groups attached to an aromatic ring is 1. The molecule has 1 amide bonds. The van der Waals surface area contributed by atoms with Crippen molar-refractivity contribution < 1.29 is 42.4 Å². The molecule has 0 spiro atoms. The second-order valence-electron chi connectivity index (χ2n) is 11.8. The van der Waals surface area contributed by atoms with Gasteiger partial charge >= 0.3 is 10.3 Å². The van der Waals surface area contributed by atoms with Gasteiger partial charge in [-0.3, -0.25) is 13.5 Å². The van der Waals surface area contributed by atoms with E-state index < -0.39 is 58.7 Å². The summed E-state index contributed by atoms with van der Waals surface area (Å²) in [6, 6.07) is 5.06. The fourth-order valence-electron chi connectivity index (χ4n) is 5.85. The van der Waals surface area contributed by atoms with Gasteiger partial charge in [0.1, 0.15) is 23.8 Å². The summed E-state index contributed by atoms with van der Waals surface area (Å²) in [5, 5.41) is 41.5. The number of anilines is 1. The van der Waals surface area contributed by atoms with Crippen molar-refractivity contribution in [2.75, 3.05) is 32.0 Å². The maximum atomic E-state index is 12.3. The molecule has 1 aromatic carbocycles. The van der Waals surface area contributed by atoms with E-state index in [0.717, 1.165) is 43.5 Å². The van der Waals surface area contributed by atoms with E-state index in [9.17, 15) is 28.5 Å². The predicted octanol–water partition coefficient (Wildman–Crippen LogP) is -1.04. The second kappa shape index (κ2) is 15.5. The van der Waals surface area contributed by atoms with Gasteiger partial charge in [-0.05, 0) is 33.6 Å². The van der Waals surface area contributed by atoms with Crippen LogP contribution in [0.4, 0.5) is 5.82 Å². The van der Waals surface area contributed by atoms with Crippen molar-refractivity contribution in [3.63, 3.8) is 0 Å². The molecule has 1 aliphatic carbocycles. The van der Waals surface area contributed by atoms with Crippen LogP contribution in [0.1, 0.15) is 74.7 Å².